The van der Waals surface area contributed by atoms with Crippen molar-refractivity contribution < 1.29 is 14.3 Å². The summed E-state index contributed by atoms with van der Waals surface area (Å²) in [7, 11) is 0. The Labute approximate surface area is 121 Å². The molecule has 0 radical (unpaired) electrons. The molecule has 21 heavy (non-hydrogen) atoms. The topological polar surface area (TPSA) is 59.7 Å². The number of rotatable bonds is 4. The van der Waals surface area contributed by atoms with Crippen LogP contribution in [-0.2, 0) is 6.42 Å². The third-order valence-corrected chi connectivity index (χ3v) is 3.19. The van der Waals surface area contributed by atoms with Gasteiger partial charge in [0.05, 0.1) is 18.1 Å². The molecule has 2 aromatic carbocycles. The van der Waals surface area contributed by atoms with Crippen LogP contribution in [0.2, 0.25) is 0 Å². The van der Waals surface area contributed by atoms with Gasteiger partial charge >= 0.3 is 5.63 Å². The van der Waals surface area contributed by atoms with Crippen LogP contribution in [0.4, 0.5) is 0 Å². The maximum atomic E-state index is 11.2. The minimum atomic E-state index is -0.572. The number of benzene rings is 2. The SMILES string of the molecule is O=c1cc(O)c2cc(OCCc3ccccc3)ccc2o1. The Morgan fingerprint density at radius 3 is 2.67 bits per heavy atom. The molecule has 0 fully saturated rings. The van der Waals surface area contributed by atoms with Crippen molar-refractivity contribution in [3.05, 3.63) is 70.6 Å². The Hall–Kier alpha value is -2.75. The first-order valence-corrected chi connectivity index (χ1v) is 6.66. The summed E-state index contributed by atoms with van der Waals surface area (Å²) in [6.07, 6.45) is 0.800. The molecule has 0 aliphatic carbocycles. The van der Waals surface area contributed by atoms with Crippen molar-refractivity contribution in [1.29, 1.82) is 0 Å². The van der Waals surface area contributed by atoms with Gasteiger partial charge < -0.3 is 14.3 Å². The number of fused-ring (bicyclic) bond motifs is 1. The molecule has 1 aromatic heterocycles. The predicted octanol–water partition coefficient (Wildman–Crippen LogP) is 3.12. The van der Waals surface area contributed by atoms with E-state index in [-0.39, 0.29) is 5.75 Å². The number of aromatic hydroxyl groups is 1. The van der Waals surface area contributed by atoms with Gasteiger partial charge in [-0.25, -0.2) is 4.79 Å². The van der Waals surface area contributed by atoms with E-state index in [0.29, 0.717) is 23.3 Å². The van der Waals surface area contributed by atoms with Crippen molar-refractivity contribution in [1.82, 2.24) is 0 Å². The van der Waals surface area contributed by atoms with Gasteiger partial charge in [-0.15, -0.1) is 0 Å². The minimum absolute atomic E-state index is 0.102. The quantitative estimate of drug-likeness (QED) is 0.747. The van der Waals surface area contributed by atoms with Crippen molar-refractivity contribution in [2.24, 2.45) is 0 Å². The van der Waals surface area contributed by atoms with Gasteiger partial charge in [-0.1, -0.05) is 30.3 Å². The van der Waals surface area contributed by atoms with E-state index in [9.17, 15) is 9.90 Å². The van der Waals surface area contributed by atoms with Gasteiger partial charge in [0.25, 0.3) is 0 Å². The second-order valence-electron chi connectivity index (χ2n) is 4.69. The average molecular weight is 282 g/mol. The largest absolute Gasteiger partial charge is 0.507 e. The molecule has 0 saturated heterocycles. The van der Waals surface area contributed by atoms with E-state index in [1.54, 1.807) is 18.2 Å². The van der Waals surface area contributed by atoms with Gasteiger partial charge in [-0.05, 0) is 23.8 Å². The molecule has 3 rings (SSSR count). The van der Waals surface area contributed by atoms with Crippen LogP contribution in [0.5, 0.6) is 11.5 Å². The van der Waals surface area contributed by atoms with Gasteiger partial charge in [0.1, 0.15) is 17.1 Å². The van der Waals surface area contributed by atoms with Gasteiger partial charge in [0.15, 0.2) is 0 Å². The summed E-state index contributed by atoms with van der Waals surface area (Å²) in [4.78, 5) is 11.2. The van der Waals surface area contributed by atoms with E-state index >= 15 is 0 Å². The second-order valence-corrected chi connectivity index (χ2v) is 4.69. The average Bonchev–Trinajstić information content (AvgIpc) is 2.49. The highest BCUT2D eigenvalue weighted by Crippen LogP contribution is 2.26. The molecule has 0 aliphatic rings. The first kappa shape index (κ1) is 13.2. The summed E-state index contributed by atoms with van der Waals surface area (Å²) in [5.41, 5.74) is 0.972. The zero-order valence-electron chi connectivity index (χ0n) is 11.3. The fourth-order valence-electron chi connectivity index (χ4n) is 2.15. The number of hydrogen-bond donors (Lipinski definition) is 1. The van der Waals surface area contributed by atoms with E-state index in [1.807, 2.05) is 30.3 Å². The molecule has 3 aromatic rings. The van der Waals surface area contributed by atoms with Crippen molar-refractivity contribution in [3.63, 3.8) is 0 Å². The van der Waals surface area contributed by atoms with Crippen LogP contribution < -0.4 is 10.4 Å². The van der Waals surface area contributed by atoms with E-state index in [2.05, 4.69) is 0 Å². The molecule has 4 heteroatoms. The van der Waals surface area contributed by atoms with Crippen LogP contribution in [0.3, 0.4) is 0 Å². The molecule has 0 aliphatic heterocycles. The third-order valence-electron chi connectivity index (χ3n) is 3.19. The van der Waals surface area contributed by atoms with Crippen molar-refractivity contribution in [2.45, 2.75) is 6.42 Å². The number of hydrogen-bond acceptors (Lipinski definition) is 4. The van der Waals surface area contributed by atoms with E-state index < -0.39 is 5.63 Å². The highest BCUT2D eigenvalue weighted by Gasteiger charge is 2.06. The van der Waals surface area contributed by atoms with Crippen LogP contribution >= 0.6 is 0 Å². The molecular weight excluding hydrogens is 268 g/mol. The van der Waals surface area contributed by atoms with Gasteiger partial charge in [0, 0.05) is 6.42 Å². The molecule has 0 atom stereocenters. The lowest BCUT2D eigenvalue weighted by molar-refractivity contribution is 0.322. The van der Waals surface area contributed by atoms with E-state index in [1.165, 1.54) is 5.56 Å². The van der Waals surface area contributed by atoms with E-state index in [4.69, 9.17) is 9.15 Å². The van der Waals surface area contributed by atoms with Gasteiger partial charge in [-0.2, -0.15) is 0 Å². The van der Waals surface area contributed by atoms with Crippen LogP contribution in [0, 0.1) is 0 Å². The van der Waals surface area contributed by atoms with Crippen molar-refractivity contribution in [2.75, 3.05) is 6.61 Å². The van der Waals surface area contributed by atoms with Crippen LogP contribution in [0.1, 0.15) is 5.56 Å². The smallest absolute Gasteiger partial charge is 0.339 e. The Morgan fingerprint density at radius 1 is 1.05 bits per heavy atom. The van der Waals surface area contributed by atoms with Crippen LogP contribution in [-0.4, -0.2) is 11.7 Å². The van der Waals surface area contributed by atoms with Gasteiger partial charge in [0.2, 0.25) is 0 Å². The van der Waals surface area contributed by atoms with E-state index in [0.717, 1.165) is 12.5 Å². The minimum Gasteiger partial charge on any atom is -0.507 e. The molecule has 1 heterocycles. The Bertz CT molecular complexity index is 806. The summed E-state index contributed by atoms with van der Waals surface area (Å²) in [6.45, 7) is 0.535. The fourth-order valence-corrected chi connectivity index (χ4v) is 2.15. The summed E-state index contributed by atoms with van der Waals surface area (Å²) >= 11 is 0. The van der Waals surface area contributed by atoms with Gasteiger partial charge in [-0.3, -0.25) is 0 Å². The lowest BCUT2D eigenvalue weighted by Crippen LogP contribution is -2.01. The zero-order chi connectivity index (χ0) is 14.7. The molecule has 0 bridgehead atoms. The highest BCUT2D eigenvalue weighted by molar-refractivity contribution is 5.84. The molecule has 0 unspecified atom stereocenters. The molecule has 0 amide bonds. The molecule has 4 nitrogen and oxygen atoms in total. The maximum absolute atomic E-state index is 11.2. The first-order chi connectivity index (χ1) is 10.2. The summed E-state index contributed by atoms with van der Waals surface area (Å²) in [5.74, 6) is 0.525. The maximum Gasteiger partial charge on any atom is 0.339 e. The van der Waals surface area contributed by atoms with Crippen LogP contribution in [0.15, 0.2) is 63.8 Å². The predicted molar refractivity (Wildman–Crippen MR) is 79.8 cm³/mol. The first-order valence-electron chi connectivity index (χ1n) is 6.66. The lowest BCUT2D eigenvalue weighted by Gasteiger charge is -2.07. The Balaban J connectivity index is 1.74. The molecular formula is C17H14O4. The highest BCUT2D eigenvalue weighted by atomic mass is 16.5. The number of ether oxygens (including phenoxy) is 1. The fraction of sp³-hybridized carbons (Fsp3) is 0.118. The summed E-state index contributed by atoms with van der Waals surface area (Å²) in [6, 6.07) is 16.1. The second kappa shape index (κ2) is 5.71. The van der Waals surface area contributed by atoms with Crippen molar-refractivity contribution >= 4 is 11.0 Å². The van der Waals surface area contributed by atoms with Crippen molar-refractivity contribution in [3.8, 4) is 11.5 Å². The van der Waals surface area contributed by atoms with Crippen LogP contribution in [0.25, 0.3) is 11.0 Å². The monoisotopic (exact) mass is 282 g/mol. The Morgan fingerprint density at radius 2 is 1.86 bits per heavy atom. The zero-order valence-corrected chi connectivity index (χ0v) is 11.3. The summed E-state index contributed by atoms with van der Waals surface area (Å²) in [5, 5.41) is 10.2. The standard InChI is InChI=1S/C17H14O4/c18-15-11-17(19)21-16-7-6-13(10-14(15)16)20-9-8-12-4-2-1-3-5-12/h1-7,10-11,18H,8-9H2. The summed E-state index contributed by atoms with van der Waals surface area (Å²) < 4.78 is 10.7. The molecule has 0 saturated carbocycles. The lowest BCUT2D eigenvalue weighted by atomic mass is 10.2. The normalized spacial score (nSPS) is 10.7. The third kappa shape index (κ3) is 3.05. The molecule has 1 N–H and O–H groups in total. The molecule has 106 valence electrons. The Kier molecular flexibility index (Phi) is 3.60. The molecule has 0 spiro atoms.